The maximum atomic E-state index is 12.2. The van der Waals surface area contributed by atoms with Gasteiger partial charge in [0.1, 0.15) is 0 Å². The van der Waals surface area contributed by atoms with Gasteiger partial charge in [-0.2, -0.15) is 0 Å². The van der Waals surface area contributed by atoms with E-state index >= 15 is 0 Å². The smallest absolute Gasteiger partial charge is 0.307 e. The van der Waals surface area contributed by atoms with Gasteiger partial charge in [0.15, 0.2) is 0 Å². The number of ether oxygens (including phenoxy) is 1. The lowest BCUT2D eigenvalue weighted by Gasteiger charge is -2.19. The lowest BCUT2D eigenvalue weighted by molar-refractivity contribution is -0.141. The summed E-state index contributed by atoms with van der Waals surface area (Å²) < 4.78 is 4.59. The van der Waals surface area contributed by atoms with E-state index in [4.69, 9.17) is 23.2 Å². The van der Waals surface area contributed by atoms with Gasteiger partial charge in [-0.3, -0.25) is 9.59 Å². The molecule has 1 aromatic rings. The molecular weight excluding hydrogens is 325 g/mol. The third-order valence-corrected chi connectivity index (χ3v) is 3.55. The molecule has 0 spiro atoms. The van der Waals surface area contributed by atoms with Crippen molar-refractivity contribution in [3.8, 4) is 0 Å². The highest BCUT2D eigenvalue weighted by atomic mass is 35.5. The minimum absolute atomic E-state index is 0.170. The first-order valence-electron chi connectivity index (χ1n) is 6.96. The molecule has 0 aliphatic rings. The van der Waals surface area contributed by atoms with Crippen LogP contribution in [0.15, 0.2) is 24.3 Å². The van der Waals surface area contributed by atoms with E-state index in [0.717, 1.165) is 6.42 Å². The Hall–Kier alpha value is -1.52. The summed E-state index contributed by atoms with van der Waals surface area (Å²) in [4.78, 5) is 25.0. The largest absolute Gasteiger partial charge is 0.469 e. The molecule has 0 unspecified atom stereocenters. The average Bonchev–Trinajstić information content (AvgIpc) is 2.49. The predicted octanol–water partition coefficient (Wildman–Crippen LogP) is 3.81. The van der Waals surface area contributed by atoms with Crippen LogP contribution in [0.3, 0.4) is 0 Å². The number of esters is 1. The first kappa shape index (κ1) is 18.5. The molecule has 0 radical (unpaired) electrons. The van der Waals surface area contributed by atoms with Crippen molar-refractivity contribution in [2.45, 2.75) is 19.8 Å². The van der Waals surface area contributed by atoms with Crippen LogP contribution in [0.1, 0.15) is 25.3 Å². The monoisotopic (exact) mass is 343 g/mol. The molecule has 6 heteroatoms. The van der Waals surface area contributed by atoms with Crippen molar-refractivity contribution < 1.29 is 14.3 Å². The molecule has 0 atom stereocenters. The Bertz CT molecular complexity index is 558. The van der Waals surface area contributed by atoms with Gasteiger partial charge < -0.3 is 9.64 Å². The van der Waals surface area contributed by atoms with Gasteiger partial charge in [-0.1, -0.05) is 36.2 Å². The second kappa shape index (κ2) is 9.49. The number of hydrogen-bond acceptors (Lipinski definition) is 3. The second-order valence-corrected chi connectivity index (χ2v) is 5.49. The number of benzene rings is 1. The van der Waals surface area contributed by atoms with E-state index in [1.807, 2.05) is 6.92 Å². The highest BCUT2D eigenvalue weighted by molar-refractivity contribution is 6.35. The van der Waals surface area contributed by atoms with Crippen molar-refractivity contribution in [3.05, 3.63) is 39.9 Å². The minimum atomic E-state index is -0.335. The van der Waals surface area contributed by atoms with Gasteiger partial charge >= 0.3 is 5.97 Å². The van der Waals surface area contributed by atoms with Crippen molar-refractivity contribution in [2.24, 2.45) is 0 Å². The van der Waals surface area contributed by atoms with Crippen LogP contribution in [0.5, 0.6) is 0 Å². The molecule has 1 aromatic carbocycles. The van der Waals surface area contributed by atoms with Gasteiger partial charge in [0.05, 0.1) is 13.5 Å². The molecule has 0 fully saturated rings. The molecule has 4 nitrogen and oxygen atoms in total. The van der Waals surface area contributed by atoms with Crippen molar-refractivity contribution >= 4 is 41.2 Å². The fraction of sp³-hybridized carbons (Fsp3) is 0.375. The van der Waals surface area contributed by atoms with Crippen LogP contribution in [0.2, 0.25) is 10.0 Å². The fourth-order valence-electron chi connectivity index (χ4n) is 1.83. The molecule has 0 bridgehead atoms. The van der Waals surface area contributed by atoms with Crippen molar-refractivity contribution in [1.29, 1.82) is 0 Å². The topological polar surface area (TPSA) is 46.6 Å². The van der Waals surface area contributed by atoms with Crippen molar-refractivity contribution in [3.63, 3.8) is 0 Å². The summed E-state index contributed by atoms with van der Waals surface area (Å²) in [5.41, 5.74) is 0.712. The molecule has 120 valence electrons. The van der Waals surface area contributed by atoms with Crippen LogP contribution in [-0.2, 0) is 14.3 Å². The van der Waals surface area contributed by atoms with Crippen molar-refractivity contribution in [2.75, 3.05) is 20.2 Å². The van der Waals surface area contributed by atoms with E-state index in [9.17, 15) is 9.59 Å². The first-order valence-corrected chi connectivity index (χ1v) is 7.72. The second-order valence-electron chi connectivity index (χ2n) is 4.65. The maximum Gasteiger partial charge on any atom is 0.307 e. The summed E-state index contributed by atoms with van der Waals surface area (Å²) in [7, 11) is 1.33. The Balaban J connectivity index is 2.73. The SMILES string of the molecule is CCCN(CCC(=O)OC)C(=O)/C=C/c1ccc(Cl)cc1Cl. The summed E-state index contributed by atoms with van der Waals surface area (Å²) in [6.45, 7) is 2.88. The quantitative estimate of drug-likeness (QED) is 0.558. The van der Waals surface area contributed by atoms with Gasteiger partial charge in [0.25, 0.3) is 0 Å². The average molecular weight is 344 g/mol. The molecule has 0 aliphatic carbocycles. The first-order chi connectivity index (χ1) is 10.5. The molecule has 0 saturated heterocycles. The molecule has 0 N–H and O–H groups in total. The lowest BCUT2D eigenvalue weighted by atomic mass is 10.2. The van der Waals surface area contributed by atoms with Crippen LogP contribution in [0.4, 0.5) is 0 Å². The van der Waals surface area contributed by atoms with E-state index in [-0.39, 0.29) is 18.3 Å². The van der Waals surface area contributed by atoms with E-state index in [1.54, 1.807) is 29.2 Å². The Morgan fingerprint density at radius 2 is 2.00 bits per heavy atom. The summed E-state index contributed by atoms with van der Waals surface area (Å²) in [6, 6.07) is 5.07. The van der Waals surface area contributed by atoms with Crippen LogP contribution in [-0.4, -0.2) is 37.0 Å². The van der Waals surface area contributed by atoms with Gasteiger partial charge in [-0.05, 0) is 30.2 Å². The highest BCUT2D eigenvalue weighted by Crippen LogP contribution is 2.22. The summed E-state index contributed by atoms with van der Waals surface area (Å²) >= 11 is 11.9. The highest BCUT2D eigenvalue weighted by Gasteiger charge is 2.12. The van der Waals surface area contributed by atoms with Gasteiger partial charge in [-0.25, -0.2) is 0 Å². The van der Waals surface area contributed by atoms with E-state index in [2.05, 4.69) is 4.74 Å². The number of methoxy groups -OCH3 is 1. The zero-order chi connectivity index (χ0) is 16.5. The number of halogens is 2. The zero-order valence-corrected chi connectivity index (χ0v) is 14.2. The Labute approximate surface area is 140 Å². The third kappa shape index (κ3) is 6.08. The molecule has 0 aliphatic heterocycles. The molecule has 1 rings (SSSR count). The number of amides is 1. The summed E-state index contributed by atoms with van der Waals surface area (Å²) in [6.07, 6.45) is 4.07. The summed E-state index contributed by atoms with van der Waals surface area (Å²) in [5, 5.41) is 1.02. The number of nitrogens with zero attached hydrogens (tertiary/aromatic N) is 1. The van der Waals surface area contributed by atoms with Crippen LogP contribution >= 0.6 is 23.2 Å². The standard InChI is InChI=1S/C16H19Cl2NO3/c1-3-9-19(10-8-16(21)22-2)15(20)7-5-12-4-6-13(17)11-14(12)18/h4-7,11H,3,8-10H2,1-2H3/b7-5+. The Morgan fingerprint density at radius 1 is 1.27 bits per heavy atom. The molecule has 0 aromatic heterocycles. The van der Waals surface area contributed by atoms with E-state index in [1.165, 1.54) is 13.2 Å². The molecule has 0 heterocycles. The van der Waals surface area contributed by atoms with Crippen molar-refractivity contribution in [1.82, 2.24) is 4.90 Å². The van der Waals surface area contributed by atoms with Gasteiger partial charge in [0.2, 0.25) is 5.91 Å². The van der Waals surface area contributed by atoms with Crippen LogP contribution < -0.4 is 0 Å². The van der Waals surface area contributed by atoms with E-state index in [0.29, 0.717) is 28.7 Å². The number of carbonyl (C=O) groups is 2. The maximum absolute atomic E-state index is 12.2. The normalized spacial score (nSPS) is 10.7. The Morgan fingerprint density at radius 3 is 2.59 bits per heavy atom. The number of hydrogen-bond donors (Lipinski definition) is 0. The fourth-order valence-corrected chi connectivity index (χ4v) is 2.31. The summed E-state index contributed by atoms with van der Waals surface area (Å²) in [5.74, 6) is -0.504. The number of carbonyl (C=O) groups excluding carboxylic acids is 2. The van der Waals surface area contributed by atoms with E-state index < -0.39 is 0 Å². The van der Waals surface area contributed by atoms with Gasteiger partial charge in [0, 0.05) is 29.2 Å². The molecule has 22 heavy (non-hydrogen) atoms. The molecule has 0 saturated carbocycles. The van der Waals surface area contributed by atoms with Crippen LogP contribution in [0, 0.1) is 0 Å². The predicted molar refractivity (Wildman–Crippen MR) is 89.0 cm³/mol. The zero-order valence-electron chi connectivity index (χ0n) is 12.6. The number of rotatable bonds is 7. The minimum Gasteiger partial charge on any atom is -0.469 e. The lowest BCUT2D eigenvalue weighted by Crippen LogP contribution is -2.32. The Kier molecular flexibility index (Phi) is 7.99. The third-order valence-electron chi connectivity index (χ3n) is 2.99. The van der Waals surface area contributed by atoms with Crippen LogP contribution in [0.25, 0.3) is 6.08 Å². The molecular formula is C16H19Cl2NO3. The molecule has 1 amide bonds. The van der Waals surface area contributed by atoms with Gasteiger partial charge in [-0.15, -0.1) is 0 Å².